The average molecular weight is 441 g/mol. The van der Waals surface area contributed by atoms with Crippen LogP contribution in [-0.2, 0) is 17.8 Å². The molecule has 4 rings (SSSR count). The van der Waals surface area contributed by atoms with Gasteiger partial charge in [0.05, 0.1) is 29.8 Å². The van der Waals surface area contributed by atoms with Gasteiger partial charge in [-0.25, -0.2) is 4.98 Å². The van der Waals surface area contributed by atoms with Crippen LogP contribution in [0.4, 0.5) is 5.13 Å². The molecule has 0 N–H and O–H groups in total. The number of carbonyl (C=O) groups excluding carboxylic acids is 1. The van der Waals surface area contributed by atoms with Gasteiger partial charge in [-0.05, 0) is 42.3 Å². The largest absolute Gasteiger partial charge is 0.496 e. The van der Waals surface area contributed by atoms with E-state index in [-0.39, 0.29) is 12.3 Å². The highest BCUT2D eigenvalue weighted by Gasteiger charge is 2.21. The van der Waals surface area contributed by atoms with E-state index in [4.69, 9.17) is 16.3 Å². The lowest BCUT2D eigenvalue weighted by Gasteiger charge is -2.20. The van der Waals surface area contributed by atoms with E-state index < -0.39 is 0 Å². The Bertz CT molecular complexity index is 1170. The smallest absolute Gasteiger partial charge is 0.233 e. The zero-order valence-corrected chi connectivity index (χ0v) is 18.3. The first kappa shape index (κ1) is 20.4. The van der Waals surface area contributed by atoms with Crippen molar-refractivity contribution in [3.63, 3.8) is 0 Å². The quantitative estimate of drug-likeness (QED) is 0.416. The summed E-state index contributed by atoms with van der Waals surface area (Å²) in [5, 5.41) is 5.46. The van der Waals surface area contributed by atoms with Crippen molar-refractivity contribution < 1.29 is 9.53 Å². The zero-order valence-electron chi connectivity index (χ0n) is 16.7. The van der Waals surface area contributed by atoms with Crippen molar-refractivity contribution in [2.45, 2.75) is 19.9 Å². The Labute approximate surface area is 183 Å². The number of hydrogen-bond acceptors (Lipinski definition) is 5. The topological polar surface area (TPSA) is 60.2 Å². The van der Waals surface area contributed by atoms with Gasteiger partial charge >= 0.3 is 0 Å². The third-order valence-electron chi connectivity index (χ3n) is 4.82. The fourth-order valence-corrected chi connectivity index (χ4v) is 4.61. The van der Waals surface area contributed by atoms with E-state index in [1.165, 1.54) is 11.3 Å². The fraction of sp³-hybridized carbons (Fsp3) is 0.227. The number of thiazole rings is 1. The molecule has 0 aliphatic heterocycles. The number of anilines is 1. The Hall–Kier alpha value is -2.90. The van der Waals surface area contributed by atoms with Gasteiger partial charge in [0.25, 0.3) is 0 Å². The minimum Gasteiger partial charge on any atom is -0.496 e. The predicted molar refractivity (Wildman–Crippen MR) is 121 cm³/mol. The minimum atomic E-state index is -0.0260. The molecular formula is C22H21ClN4O2S. The molecule has 0 radical (unpaired) electrons. The number of nitrogens with zero attached hydrogens (tertiary/aromatic N) is 4. The van der Waals surface area contributed by atoms with E-state index in [0.29, 0.717) is 23.2 Å². The summed E-state index contributed by atoms with van der Waals surface area (Å²) in [4.78, 5) is 19.7. The molecule has 0 aliphatic rings. The van der Waals surface area contributed by atoms with Gasteiger partial charge in [0.1, 0.15) is 11.3 Å². The first-order chi connectivity index (χ1) is 14.5. The molecule has 8 heteroatoms. The van der Waals surface area contributed by atoms with Crippen molar-refractivity contribution in [3.8, 4) is 5.75 Å². The van der Waals surface area contributed by atoms with Crippen LogP contribution in [0.25, 0.3) is 10.2 Å². The number of aryl methyl sites for hydroxylation is 1. The molecule has 2 aromatic heterocycles. The maximum Gasteiger partial charge on any atom is 0.233 e. The van der Waals surface area contributed by atoms with Crippen LogP contribution in [0.2, 0.25) is 5.02 Å². The summed E-state index contributed by atoms with van der Waals surface area (Å²) < 4.78 is 8.08. The van der Waals surface area contributed by atoms with E-state index in [9.17, 15) is 4.79 Å². The Balaban J connectivity index is 1.62. The van der Waals surface area contributed by atoms with E-state index in [1.54, 1.807) is 22.9 Å². The number of halogens is 1. The number of amides is 1. The van der Waals surface area contributed by atoms with E-state index >= 15 is 0 Å². The summed E-state index contributed by atoms with van der Waals surface area (Å²) in [5.41, 5.74) is 2.65. The minimum absolute atomic E-state index is 0.0260. The molecule has 2 heterocycles. The summed E-state index contributed by atoms with van der Waals surface area (Å²) in [6.07, 6.45) is 3.88. The van der Waals surface area contributed by atoms with Crippen LogP contribution in [0, 0.1) is 6.92 Å². The van der Waals surface area contributed by atoms with E-state index in [2.05, 4.69) is 10.1 Å². The maximum atomic E-state index is 13.3. The lowest BCUT2D eigenvalue weighted by atomic mass is 10.1. The van der Waals surface area contributed by atoms with Gasteiger partial charge in [0, 0.05) is 18.9 Å². The number of benzene rings is 2. The van der Waals surface area contributed by atoms with Crippen molar-refractivity contribution in [1.29, 1.82) is 0 Å². The Morgan fingerprint density at radius 2 is 2.13 bits per heavy atom. The number of hydrogen-bond donors (Lipinski definition) is 0. The van der Waals surface area contributed by atoms with Crippen molar-refractivity contribution in [1.82, 2.24) is 14.8 Å². The SMILES string of the molecule is COc1ccc(CC(=O)N(CCn2cccn2)c2nc3c(Cl)cccc3s2)cc1C. The molecular weight excluding hydrogens is 420 g/mol. The molecule has 0 saturated heterocycles. The number of rotatable bonds is 7. The van der Waals surface area contributed by atoms with E-state index in [0.717, 1.165) is 27.1 Å². The average Bonchev–Trinajstić information content (AvgIpc) is 3.39. The molecule has 1 amide bonds. The van der Waals surface area contributed by atoms with Crippen molar-refractivity contribution in [2.24, 2.45) is 0 Å². The molecule has 0 aliphatic carbocycles. The molecule has 0 atom stereocenters. The lowest BCUT2D eigenvalue weighted by Crippen LogP contribution is -2.35. The second-order valence-electron chi connectivity index (χ2n) is 6.88. The molecule has 0 fully saturated rings. The first-order valence-electron chi connectivity index (χ1n) is 9.51. The summed E-state index contributed by atoms with van der Waals surface area (Å²) >= 11 is 7.77. The van der Waals surface area contributed by atoms with Crippen LogP contribution < -0.4 is 9.64 Å². The molecule has 0 saturated carbocycles. The molecule has 2 aromatic carbocycles. The third kappa shape index (κ3) is 4.32. The first-order valence-corrected chi connectivity index (χ1v) is 10.7. The van der Waals surface area contributed by atoms with Crippen LogP contribution in [-0.4, -0.2) is 34.3 Å². The molecule has 6 nitrogen and oxygen atoms in total. The number of ether oxygens (including phenoxy) is 1. The van der Waals surface area contributed by atoms with Gasteiger partial charge in [-0.1, -0.05) is 41.1 Å². The molecule has 154 valence electrons. The number of aromatic nitrogens is 3. The number of para-hydroxylation sites is 1. The summed E-state index contributed by atoms with van der Waals surface area (Å²) in [6.45, 7) is 3.01. The Morgan fingerprint density at radius 3 is 2.83 bits per heavy atom. The fourth-order valence-electron chi connectivity index (χ4n) is 3.30. The Morgan fingerprint density at radius 1 is 1.27 bits per heavy atom. The second-order valence-corrected chi connectivity index (χ2v) is 8.29. The second kappa shape index (κ2) is 8.85. The summed E-state index contributed by atoms with van der Waals surface area (Å²) in [7, 11) is 1.64. The maximum absolute atomic E-state index is 13.3. The summed E-state index contributed by atoms with van der Waals surface area (Å²) in [5.74, 6) is 0.782. The van der Waals surface area contributed by atoms with Crippen LogP contribution >= 0.6 is 22.9 Å². The normalized spacial score (nSPS) is 11.0. The third-order valence-corrected chi connectivity index (χ3v) is 6.17. The Kier molecular flexibility index (Phi) is 6.01. The lowest BCUT2D eigenvalue weighted by molar-refractivity contribution is -0.118. The number of methoxy groups -OCH3 is 1. The van der Waals surface area contributed by atoms with Crippen molar-refractivity contribution >= 4 is 44.2 Å². The van der Waals surface area contributed by atoms with Crippen LogP contribution in [0.5, 0.6) is 5.75 Å². The van der Waals surface area contributed by atoms with Crippen LogP contribution in [0.3, 0.4) is 0 Å². The number of carbonyl (C=O) groups is 1. The number of fused-ring (bicyclic) bond motifs is 1. The predicted octanol–water partition coefficient (Wildman–Crippen LogP) is 4.74. The van der Waals surface area contributed by atoms with Crippen molar-refractivity contribution in [3.05, 3.63) is 71.0 Å². The standard InChI is InChI=1S/C22H21ClN4O2S/c1-15-13-16(7-8-18(15)29-2)14-20(28)27(12-11-26-10-4-9-24-26)22-25-21-17(23)5-3-6-19(21)30-22/h3-10,13H,11-12,14H2,1-2H3. The highest BCUT2D eigenvalue weighted by molar-refractivity contribution is 7.22. The van der Waals surface area contributed by atoms with Crippen molar-refractivity contribution in [2.75, 3.05) is 18.6 Å². The van der Waals surface area contributed by atoms with E-state index in [1.807, 2.05) is 55.6 Å². The zero-order chi connectivity index (χ0) is 21.1. The van der Waals surface area contributed by atoms with Gasteiger partial charge in [-0.2, -0.15) is 5.10 Å². The van der Waals surface area contributed by atoms with Crippen LogP contribution in [0.1, 0.15) is 11.1 Å². The highest BCUT2D eigenvalue weighted by Crippen LogP contribution is 2.33. The molecule has 4 aromatic rings. The van der Waals surface area contributed by atoms with Gasteiger partial charge in [-0.15, -0.1) is 0 Å². The highest BCUT2D eigenvalue weighted by atomic mass is 35.5. The molecule has 0 spiro atoms. The molecule has 30 heavy (non-hydrogen) atoms. The monoisotopic (exact) mass is 440 g/mol. The molecule has 0 unspecified atom stereocenters. The van der Waals surface area contributed by atoms with Gasteiger partial charge < -0.3 is 4.74 Å². The van der Waals surface area contributed by atoms with Gasteiger partial charge in [0.2, 0.25) is 5.91 Å². The molecule has 0 bridgehead atoms. The summed E-state index contributed by atoms with van der Waals surface area (Å²) in [6, 6.07) is 13.3. The van der Waals surface area contributed by atoms with Gasteiger partial charge in [0.15, 0.2) is 5.13 Å². The van der Waals surface area contributed by atoms with Crippen LogP contribution in [0.15, 0.2) is 54.9 Å². The van der Waals surface area contributed by atoms with Gasteiger partial charge in [-0.3, -0.25) is 14.4 Å².